The van der Waals surface area contributed by atoms with Crippen LogP contribution in [0.25, 0.3) is 0 Å². The summed E-state index contributed by atoms with van der Waals surface area (Å²) in [5, 5.41) is 0. The molecule has 2 aromatic heterocycles. The van der Waals surface area contributed by atoms with Crippen molar-refractivity contribution in [1.82, 2.24) is 19.4 Å². The number of aromatic nitrogens is 2. The lowest BCUT2D eigenvalue weighted by molar-refractivity contribution is -0.134. The van der Waals surface area contributed by atoms with Crippen molar-refractivity contribution in [3.05, 3.63) is 41.9 Å². The summed E-state index contributed by atoms with van der Waals surface area (Å²) >= 11 is 0. The van der Waals surface area contributed by atoms with E-state index in [9.17, 15) is 4.79 Å². The molecule has 3 heterocycles. The number of hydrogen-bond donors (Lipinski definition) is 0. The summed E-state index contributed by atoms with van der Waals surface area (Å²) in [5.74, 6) is 2.96. The summed E-state index contributed by atoms with van der Waals surface area (Å²) in [6.45, 7) is 4.25. The molecule has 1 saturated heterocycles. The van der Waals surface area contributed by atoms with Crippen molar-refractivity contribution in [2.24, 2.45) is 7.05 Å². The van der Waals surface area contributed by atoms with E-state index in [0.29, 0.717) is 19.4 Å². The van der Waals surface area contributed by atoms with Crippen molar-refractivity contribution in [1.29, 1.82) is 0 Å². The first kappa shape index (κ1) is 15.8. The van der Waals surface area contributed by atoms with Gasteiger partial charge in [0.15, 0.2) is 0 Å². The van der Waals surface area contributed by atoms with Crippen LogP contribution in [0.3, 0.4) is 0 Å². The maximum absolute atomic E-state index is 12.5. The number of likely N-dealkylation sites (N-methyl/N-ethyl adjacent to an activating group) is 1. The highest BCUT2D eigenvalue weighted by atomic mass is 16.3. The van der Waals surface area contributed by atoms with Crippen LogP contribution < -0.4 is 0 Å². The van der Waals surface area contributed by atoms with Crippen LogP contribution in [-0.2, 0) is 18.3 Å². The van der Waals surface area contributed by atoms with E-state index in [2.05, 4.69) is 16.9 Å². The van der Waals surface area contributed by atoms with Crippen molar-refractivity contribution >= 4 is 5.91 Å². The molecule has 2 aromatic rings. The van der Waals surface area contributed by atoms with Crippen molar-refractivity contribution < 1.29 is 9.21 Å². The number of nitrogens with zero attached hydrogens (tertiary/aromatic N) is 4. The minimum Gasteiger partial charge on any atom is -0.466 e. The number of amides is 1. The molecule has 1 aliphatic heterocycles. The Morgan fingerprint density at radius 3 is 2.83 bits per heavy atom. The van der Waals surface area contributed by atoms with Gasteiger partial charge in [0.05, 0.1) is 6.04 Å². The van der Waals surface area contributed by atoms with Gasteiger partial charge in [-0.1, -0.05) is 0 Å². The zero-order valence-electron chi connectivity index (χ0n) is 14.0. The number of carbonyl (C=O) groups is 1. The fraction of sp³-hybridized carbons (Fsp3) is 0.529. The first-order valence-electron chi connectivity index (χ1n) is 8.05. The Morgan fingerprint density at radius 1 is 1.35 bits per heavy atom. The van der Waals surface area contributed by atoms with Crippen molar-refractivity contribution in [2.45, 2.75) is 25.8 Å². The van der Waals surface area contributed by atoms with Gasteiger partial charge >= 0.3 is 0 Å². The molecule has 1 atom stereocenters. The third-order valence-corrected chi connectivity index (χ3v) is 4.54. The first-order valence-corrected chi connectivity index (χ1v) is 8.05. The second-order valence-electron chi connectivity index (χ2n) is 6.24. The highest BCUT2D eigenvalue weighted by molar-refractivity contribution is 5.76. The molecule has 0 aliphatic carbocycles. The number of piperazine rings is 1. The molecule has 6 nitrogen and oxygen atoms in total. The molecule has 1 amide bonds. The maximum Gasteiger partial charge on any atom is 0.223 e. The molecular weight excluding hydrogens is 292 g/mol. The van der Waals surface area contributed by atoms with Gasteiger partial charge in [0.2, 0.25) is 5.91 Å². The molecule has 3 rings (SSSR count). The quantitative estimate of drug-likeness (QED) is 0.862. The van der Waals surface area contributed by atoms with E-state index in [0.717, 1.165) is 30.4 Å². The summed E-state index contributed by atoms with van der Waals surface area (Å²) < 4.78 is 7.57. The van der Waals surface area contributed by atoms with E-state index in [1.54, 1.807) is 0 Å². The molecule has 0 bridgehead atoms. The van der Waals surface area contributed by atoms with Gasteiger partial charge in [-0.25, -0.2) is 4.98 Å². The molecule has 1 fully saturated rings. The van der Waals surface area contributed by atoms with Gasteiger partial charge in [-0.3, -0.25) is 9.69 Å². The summed E-state index contributed by atoms with van der Waals surface area (Å²) in [5.41, 5.74) is 0. The summed E-state index contributed by atoms with van der Waals surface area (Å²) in [4.78, 5) is 21.2. The fourth-order valence-corrected chi connectivity index (χ4v) is 3.08. The SMILES string of the molecule is Cc1ccc(CCC(=O)N2CCN(C)[C@H](c3nccn3C)C2)o1. The van der Waals surface area contributed by atoms with Crippen LogP contribution in [0.4, 0.5) is 0 Å². The lowest BCUT2D eigenvalue weighted by Gasteiger charge is -2.39. The predicted octanol–water partition coefficient (Wildman–Crippen LogP) is 1.77. The third-order valence-electron chi connectivity index (χ3n) is 4.54. The molecule has 0 N–H and O–H groups in total. The minimum atomic E-state index is 0.151. The molecule has 0 saturated carbocycles. The Bertz CT molecular complexity index is 676. The van der Waals surface area contributed by atoms with Crippen LogP contribution in [0.15, 0.2) is 28.9 Å². The normalized spacial score (nSPS) is 19.3. The van der Waals surface area contributed by atoms with Gasteiger partial charge in [-0.05, 0) is 26.1 Å². The number of rotatable bonds is 4. The molecular formula is C17H24N4O2. The second-order valence-corrected chi connectivity index (χ2v) is 6.24. The molecule has 6 heteroatoms. The number of furan rings is 1. The predicted molar refractivity (Wildman–Crippen MR) is 86.9 cm³/mol. The average molecular weight is 316 g/mol. The largest absolute Gasteiger partial charge is 0.466 e. The lowest BCUT2D eigenvalue weighted by Crippen LogP contribution is -2.49. The zero-order chi connectivity index (χ0) is 16.4. The van der Waals surface area contributed by atoms with E-state index in [4.69, 9.17) is 4.42 Å². The Hall–Kier alpha value is -2.08. The molecule has 0 unspecified atom stereocenters. The fourth-order valence-electron chi connectivity index (χ4n) is 3.08. The number of imidazole rings is 1. The first-order chi connectivity index (χ1) is 11.0. The Kier molecular flexibility index (Phi) is 4.52. The second kappa shape index (κ2) is 6.58. The van der Waals surface area contributed by atoms with E-state index in [-0.39, 0.29) is 11.9 Å². The summed E-state index contributed by atoms with van der Waals surface area (Å²) in [6, 6.07) is 4.04. The van der Waals surface area contributed by atoms with Crippen LogP contribution in [0, 0.1) is 6.92 Å². The third kappa shape index (κ3) is 3.47. The Balaban J connectivity index is 1.61. The van der Waals surface area contributed by atoms with Crippen molar-refractivity contribution in [3.63, 3.8) is 0 Å². The van der Waals surface area contributed by atoms with Gasteiger partial charge in [0.1, 0.15) is 17.3 Å². The maximum atomic E-state index is 12.5. The number of aryl methyl sites for hydroxylation is 3. The molecule has 0 spiro atoms. The van der Waals surface area contributed by atoms with Gasteiger partial charge in [-0.2, -0.15) is 0 Å². The van der Waals surface area contributed by atoms with Crippen molar-refractivity contribution in [3.8, 4) is 0 Å². The highest BCUT2D eigenvalue weighted by Crippen LogP contribution is 2.23. The van der Waals surface area contributed by atoms with E-state index in [1.807, 2.05) is 48.0 Å². The van der Waals surface area contributed by atoms with Crippen LogP contribution in [0.5, 0.6) is 0 Å². The molecule has 1 aliphatic rings. The van der Waals surface area contributed by atoms with Gasteiger partial charge in [-0.15, -0.1) is 0 Å². The number of carbonyl (C=O) groups excluding carboxylic acids is 1. The van der Waals surface area contributed by atoms with Crippen LogP contribution >= 0.6 is 0 Å². The Labute approximate surface area is 136 Å². The summed E-state index contributed by atoms with van der Waals surface area (Å²) in [7, 11) is 4.09. The monoisotopic (exact) mass is 316 g/mol. The lowest BCUT2D eigenvalue weighted by atomic mass is 10.1. The van der Waals surface area contributed by atoms with Gasteiger partial charge in [0, 0.05) is 51.9 Å². The van der Waals surface area contributed by atoms with Gasteiger partial charge in [0.25, 0.3) is 0 Å². The van der Waals surface area contributed by atoms with E-state index >= 15 is 0 Å². The van der Waals surface area contributed by atoms with Gasteiger partial charge < -0.3 is 13.9 Å². The molecule has 124 valence electrons. The highest BCUT2D eigenvalue weighted by Gasteiger charge is 2.30. The molecule has 23 heavy (non-hydrogen) atoms. The smallest absolute Gasteiger partial charge is 0.223 e. The summed E-state index contributed by atoms with van der Waals surface area (Å²) in [6.07, 6.45) is 4.91. The van der Waals surface area contributed by atoms with E-state index < -0.39 is 0 Å². The van der Waals surface area contributed by atoms with Crippen LogP contribution in [-0.4, -0.2) is 51.9 Å². The minimum absolute atomic E-state index is 0.151. The average Bonchev–Trinajstić information content (AvgIpc) is 3.14. The standard InChI is InChI=1S/C17H24N4O2/c1-13-4-5-14(23-13)6-7-16(22)21-11-10-19(2)15(12-21)17-18-8-9-20(17)3/h4-5,8-9,15H,6-7,10-12H2,1-3H3/t15-/m0/s1. The van der Waals surface area contributed by atoms with Crippen molar-refractivity contribution in [2.75, 3.05) is 26.7 Å². The Morgan fingerprint density at radius 2 is 2.17 bits per heavy atom. The topological polar surface area (TPSA) is 54.5 Å². The van der Waals surface area contributed by atoms with Crippen LogP contribution in [0.2, 0.25) is 0 Å². The molecule has 0 radical (unpaired) electrons. The number of hydrogen-bond acceptors (Lipinski definition) is 4. The van der Waals surface area contributed by atoms with E-state index in [1.165, 1.54) is 0 Å². The van der Waals surface area contributed by atoms with Crippen LogP contribution in [0.1, 0.15) is 29.8 Å². The molecule has 0 aromatic carbocycles. The zero-order valence-corrected chi connectivity index (χ0v) is 14.0.